The highest BCUT2D eigenvalue weighted by Crippen LogP contribution is 2.18. The van der Waals surface area contributed by atoms with Crippen molar-refractivity contribution in [1.82, 2.24) is 4.83 Å². The minimum Gasteiger partial charge on any atom is -0.247 e. The van der Waals surface area contributed by atoms with E-state index in [1.165, 1.54) is 29.6 Å². The fraction of sp³-hybridized carbons (Fsp3) is 0.235. The van der Waals surface area contributed by atoms with Gasteiger partial charge in [0.15, 0.2) is 0 Å². The van der Waals surface area contributed by atoms with Gasteiger partial charge in [-0.3, -0.25) is 0 Å². The quantitative estimate of drug-likeness (QED) is 0.500. The van der Waals surface area contributed by atoms with Gasteiger partial charge in [0.2, 0.25) is 0 Å². The Bertz CT molecular complexity index is 640. The molecule has 0 saturated carbocycles. The van der Waals surface area contributed by atoms with Crippen LogP contribution in [-0.2, 0) is 0 Å². The number of aryl methyl sites for hydroxylation is 3. The normalized spacial score (nSPS) is 11.6. The van der Waals surface area contributed by atoms with Gasteiger partial charge in [0.25, 0.3) is 0 Å². The third kappa shape index (κ3) is 4.08. The molecule has 4 heteroatoms. The largest absolute Gasteiger partial charge is 0.247 e. The van der Waals surface area contributed by atoms with Crippen molar-refractivity contribution in [3.05, 3.63) is 64.5 Å². The molecule has 1 N–H and O–H groups in total. The Hall–Kier alpha value is -1.81. The van der Waals surface area contributed by atoms with Crippen molar-refractivity contribution < 1.29 is 4.39 Å². The van der Waals surface area contributed by atoms with Crippen LogP contribution in [0.25, 0.3) is 0 Å². The predicted molar refractivity (Wildman–Crippen MR) is 88.3 cm³/mol. The summed E-state index contributed by atoms with van der Waals surface area (Å²) >= 11 is 1.46. The highest BCUT2D eigenvalue weighted by molar-refractivity contribution is 7.97. The Kier molecular flexibility index (Phi) is 5.02. The summed E-state index contributed by atoms with van der Waals surface area (Å²) in [5.74, 6) is -0.205. The Balaban J connectivity index is 2.09. The topological polar surface area (TPSA) is 24.4 Å². The summed E-state index contributed by atoms with van der Waals surface area (Å²) in [4.78, 5) is 4.10. The summed E-state index contributed by atoms with van der Waals surface area (Å²) in [7, 11) is 0. The van der Waals surface area contributed by atoms with Gasteiger partial charge >= 0.3 is 0 Å². The molecule has 21 heavy (non-hydrogen) atoms. The number of nitrogens with one attached hydrogen (secondary N) is 1. The first-order valence-electron chi connectivity index (χ1n) is 6.77. The van der Waals surface area contributed by atoms with E-state index in [2.05, 4.69) is 29.0 Å². The highest BCUT2D eigenvalue weighted by Gasteiger charge is 2.08. The molecule has 0 bridgehead atoms. The first kappa shape index (κ1) is 15.6. The lowest BCUT2D eigenvalue weighted by atomic mass is 9.99. The number of nitrogens with zero attached hydrogens (tertiary/aromatic N) is 1. The summed E-state index contributed by atoms with van der Waals surface area (Å²) in [6.45, 7) is 7.79. The number of hydrazone groups is 1. The van der Waals surface area contributed by atoms with Crippen LogP contribution in [-0.4, -0.2) is 5.71 Å². The van der Waals surface area contributed by atoms with Gasteiger partial charge in [0.05, 0.1) is 5.71 Å². The lowest BCUT2D eigenvalue weighted by molar-refractivity contribution is 0.625. The lowest BCUT2D eigenvalue weighted by Crippen LogP contribution is -2.06. The number of benzene rings is 2. The fourth-order valence-corrected chi connectivity index (χ4v) is 2.85. The average Bonchev–Trinajstić information content (AvgIpc) is 2.40. The standard InChI is InChI=1S/C17H19FN2S/c1-11-5-7-16(8-6-11)21-20-19-14(4)17-12(2)9-15(18)10-13(17)3/h5-10,20H,1-4H3/b19-14+. The maximum Gasteiger partial charge on any atom is 0.123 e. The molecule has 0 atom stereocenters. The summed E-state index contributed by atoms with van der Waals surface area (Å²) in [6.07, 6.45) is 0. The van der Waals surface area contributed by atoms with E-state index in [0.717, 1.165) is 27.3 Å². The lowest BCUT2D eigenvalue weighted by Gasteiger charge is -2.10. The first-order valence-corrected chi connectivity index (χ1v) is 7.59. The van der Waals surface area contributed by atoms with Crippen molar-refractivity contribution in [2.75, 3.05) is 0 Å². The van der Waals surface area contributed by atoms with Gasteiger partial charge in [-0.05, 0) is 63.1 Å². The van der Waals surface area contributed by atoms with Gasteiger partial charge in [-0.25, -0.2) is 9.22 Å². The molecular weight excluding hydrogens is 283 g/mol. The van der Waals surface area contributed by atoms with Crippen molar-refractivity contribution in [2.24, 2.45) is 5.10 Å². The second-order valence-corrected chi connectivity index (χ2v) is 5.98. The molecule has 0 radical (unpaired) electrons. The van der Waals surface area contributed by atoms with Crippen LogP contribution in [0.2, 0.25) is 0 Å². The van der Waals surface area contributed by atoms with Crippen molar-refractivity contribution in [3.63, 3.8) is 0 Å². The molecule has 0 saturated heterocycles. The van der Waals surface area contributed by atoms with Crippen molar-refractivity contribution >= 4 is 17.7 Å². The zero-order chi connectivity index (χ0) is 15.4. The summed E-state index contributed by atoms with van der Waals surface area (Å²) < 4.78 is 13.3. The second-order valence-electron chi connectivity index (χ2n) is 5.12. The van der Waals surface area contributed by atoms with Crippen molar-refractivity contribution in [1.29, 1.82) is 0 Å². The fourth-order valence-electron chi connectivity index (χ4n) is 2.29. The number of hydrogen-bond donors (Lipinski definition) is 1. The highest BCUT2D eigenvalue weighted by atomic mass is 32.2. The summed E-state index contributed by atoms with van der Waals surface area (Å²) in [5, 5.41) is 4.37. The molecule has 0 spiro atoms. The van der Waals surface area contributed by atoms with Crippen molar-refractivity contribution in [3.8, 4) is 0 Å². The molecule has 0 amide bonds. The summed E-state index contributed by atoms with van der Waals surface area (Å²) in [6, 6.07) is 11.3. The molecule has 0 aliphatic carbocycles. The Morgan fingerprint density at radius 2 is 1.62 bits per heavy atom. The van der Waals surface area contributed by atoms with Gasteiger partial charge in [-0.15, -0.1) is 0 Å². The summed E-state index contributed by atoms with van der Waals surface area (Å²) in [5.41, 5.74) is 4.88. The third-order valence-corrected chi connectivity index (χ3v) is 3.95. The van der Waals surface area contributed by atoms with Gasteiger partial charge in [-0.2, -0.15) is 5.10 Å². The van der Waals surface area contributed by atoms with Crippen LogP contribution in [0.5, 0.6) is 0 Å². The molecular formula is C17H19FN2S. The second kappa shape index (κ2) is 6.76. The maximum absolute atomic E-state index is 13.3. The molecule has 2 rings (SSSR count). The molecule has 0 aromatic heterocycles. The molecule has 2 nitrogen and oxygen atoms in total. The molecule has 0 aliphatic rings. The molecule has 2 aromatic rings. The van der Waals surface area contributed by atoms with E-state index in [4.69, 9.17) is 0 Å². The Morgan fingerprint density at radius 1 is 1.05 bits per heavy atom. The van der Waals surface area contributed by atoms with E-state index in [1.54, 1.807) is 0 Å². The Morgan fingerprint density at radius 3 is 2.19 bits per heavy atom. The van der Waals surface area contributed by atoms with Gasteiger partial charge in [0, 0.05) is 22.4 Å². The minimum absolute atomic E-state index is 0.205. The van der Waals surface area contributed by atoms with Gasteiger partial charge in [0.1, 0.15) is 5.82 Å². The molecule has 0 fully saturated rings. The van der Waals surface area contributed by atoms with Crippen LogP contribution in [0.3, 0.4) is 0 Å². The van der Waals surface area contributed by atoms with E-state index in [1.807, 2.05) is 32.9 Å². The van der Waals surface area contributed by atoms with Crippen LogP contribution in [0, 0.1) is 26.6 Å². The van der Waals surface area contributed by atoms with E-state index >= 15 is 0 Å². The van der Waals surface area contributed by atoms with E-state index in [9.17, 15) is 4.39 Å². The SMILES string of the molecule is C/C(=N\NSc1ccc(C)cc1)c1c(C)cc(F)cc1C. The monoisotopic (exact) mass is 302 g/mol. The molecule has 0 unspecified atom stereocenters. The predicted octanol–water partition coefficient (Wildman–Crippen LogP) is 4.77. The maximum atomic E-state index is 13.3. The van der Waals surface area contributed by atoms with Crippen LogP contribution in [0.4, 0.5) is 4.39 Å². The van der Waals surface area contributed by atoms with E-state index in [0.29, 0.717) is 0 Å². The van der Waals surface area contributed by atoms with Crippen molar-refractivity contribution in [2.45, 2.75) is 32.6 Å². The van der Waals surface area contributed by atoms with E-state index in [-0.39, 0.29) is 5.82 Å². The zero-order valence-corrected chi connectivity index (χ0v) is 13.5. The molecule has 0 aliphatic heterocycles. The zero-order valence-electron chi connectivity index (χ0n) is 12.7. The number of rotatable bonds is 4. The van der Waals surface area contributed by atoms with Crippen LogP contribution in [0.1, 0.15) is 29.2 Å². The van der Waals surface area contributed by atoms with E-state index < -0.39 is 0 Å². The number of hydrogen-bond acceptors (Lipinski definition) is 3. The average molecular weight is 302 g/mol. The van der Waals surface area contributed by atoms with Crippen LogP contribution >= 0.6 is 11.9 Å². The first-order chi connectivity index (χ1) is 9.97. The Labute approximate surface area is 129 Å². The van der Waals surface area contributed by atoms with Crippen LogP contribution in [0.15, 0.2) is 46.4 Å². The smallest absolute Gasteiger partial charge is 0.123 e. The van der Waals surface area contributed by atoms with Gasteiger partial charge in [-0.1, -0.05) is 17.7 Å². The van der Waals surface area contributed by atoms with Crippen LogP contribution < -0.4 is 4.83 Å². The van der Waals surface area contributed by atoms with Gasteiger partial charge < -0.3 is 0 Å². The number of halogens is 1. The molecule has 110 valence electrons. The minimum atomic E-state index is -0.205. The third-order valence-electron chi connectivity index (χ3n) is 3.26. The molecule has 0 heterocycles. The molecule has 2 aromatic carbocycles.